The van der Waals surface area contributed by atoms with Gasteiger partial charge < -0.3 is 20.1 Å². The number of ether oxygens (including phenoxy) is 2. The van der Waals surface area contributed by atoms with Crippen LogP contribution in [0.2, 0.25) is 0 Å². The lowest BCUT2D eigenvalue weighted by molar-refractivity contribution is -0.122. The summed E-state index contributed by atoms with van der Waals surface area (Å²) in [5.41, 5.74) is 1.95. The Morgan fingerprint density at radius 3 is 2.76 bits per heavy atom. The van der Waals surface area contributed by atoms with E-state index < -0.39 is 6.10 Å². The SMILES string of the molecule is CC[C@@H](Oc1cccc(C)c1)C(=O)Nc1ccccc1C(=O)NC[C@@H]1CCCO1. The van der Waals surface area contributed by atoms with Gasteiger partial charge in [-0.1, -0.05) is 31.2 Å². The lowest BCUT2D eigenvalue weighted by Crippen LogP contribution is -2.35. The summed E-state index contributed by atoms with van der Waals surface area (Å²) in [6.45, 7) is 5.07. The summed E-state index contributed by atoms with van der Waals surface area (Å²) in [7, 11) is 0. The zero-order valence-corrected chi connectivity index (χ0v) is 16.9. The summed E-state index contributed by atoms with van der Waals surface area (Å²) < 4.78 is 11.4. The minimum absolute atomic E-state index is 0.0629. The minimum atomic E-state index is -0.653. The van der Waals surface area contributed by atoms with Gasteiger partial charge in [0.1, 0.15) is 5.75 Å². The number of hydrogen-bond acceptors (Lipinski definition) is 4. The fourth-order valence-corrected chi connectivity index (χ4v) is 3.29. The van der Waals surface area contributed by atoms with Crippen LogP contribution in [0.25, 0.3) is 0 Å². The van der Waals surface area contributed by atoms with E-state index in [1.54, 1.807) is 24.3 Å². The van der Waals surface area contributed by atoms with Crippen molar-refractivity contribution in [3.05, 3.63) is 59.7 Å². The average molecular weight is 396 g/mol. The lowest BCUT2D eigenvalue weighted by atomic mass is 10.1. The highest BCUT2D eigenvalue weighted by Crippen LogP contribution is 2.19. The minimum Gasteiger partial charge on any atom is -0.481 e. The largest absolute Gasteiger partial charge is 0.481 e. The molecule has 1 heterocycles. The van der Waals surface area contributed by atoms with E-state index in [9.17, 15) is 9.59 Å². The molecule has 0 aliphatic carbocycles. The zero-order chi connectivity index (χ0) is 20.6. The van der Waals surface area contributed by atoms with E-state index >= 15 is 0 Å². The number of carbonyl (C=O) groups excluding carboxylic acids is 2. The average Bonchev–Trinajstić information content (AvgIpc) is 3.24. The summed E-state index contributed by atoms with van der Waals surface area (Å²) in [5.74, 6) is 0.132. The third-order valence-corrected chi connectivity index (χ3v) is 4.87. The van der Waals surface area contributed by atoms with Crippen LogP contribution in [0.1, 0.15) is 42.1 Å². The number of carbonyl (C=O) groups is 2. The van der Waals surface area contributed by atoms with Gasteiger partial charge in [0.2, 0.25) is 0 Å². The lowest BCUT2D eigenvalue weighted by Gasteiger charge is -2.19. The molecule has 1 fully saturated rings. The first-order valence-corrected chi connectivity index (χ1v) is 10.1. The van der Waals surface area contributed by atoms with E-state index in [0.29, 0.717) is 30.0 Å². The molecule has 2 atom stereocenters. The van der Waals surface area contributed by atoms with Crippen LogP contribution in [0, 0.1) is 6.92 Å². The molecule has 0 bridgehead atoms. The summed E-state index contributed by atoms with van der Waals surface area (Å²) >= 11 is 0. The van der Waals surface area contributed by atoms with Crippen molar-refractivity contribution in [2.75, 3.05) is 18.5 Å². The predicted octanol–water partition coefficient (Wildman–Crippen LogP) is 3.70. The van der Waals surface area contributed by atoms with Crippen molar-refractivity contribution < 1.29 is 19.1 Å². The maximum absolute atomic E-state index is 12.8. The number of amides is 2. The molecule has 1 saturated heterocycles. The highest BCUT2D eigenvalue weighted by Gasteiger charge is 2.22. The molecule has 2 N–H and O–H groups in total. The first-order chi connectivity index (χ1) is 14.1. The Bertz CT molecular complexity index is 846. The van der Waals surface area contributed by atoms with Crippen LogP contribution in [-0.4, -0.2) is 37.2 Å². The van der Waals surface area contributed by atoms with Crippen LogP contribution in [0.4, 0.5) is 5.69 Å². The number of aryl methyl sites for hydroxylation is 1. The molecule has 6 heteroatoms. The summed E-state index contributed by atoms with van der Waals surface area (Å²) in [4.78, 5) is 25.4. The zero-order valence-electron chi connectivity index (χ0n) is 16.9. The maximum atomic E-state index is 12.8. The molecule has 29 heavy (non-hydrogen) atoms. The summed E-state index contributed by atoms with van der Waals surface area (Å²) in [5, 5.41) is 5.75. The molecule has 2 aromatic carbocycles. The van der Waals surface area contributed by atoms with Crippen molar-refractivity contribution in [1.82, 2.24) is 5.32 Å². The third kappa shape index (κ3) is 5.81. The Labute approximate surface area is 171 Å². The molecule has 0 spiro atoms. The van der Waals surface area contributed by atoms with Gasteiger partial charge >= 0.3 is 0 Å². The number of hydrogen-bond donors (Lipinski definition) is 2. The fraction of sp³-hybridized carbons (Fsp3) is 0.391. The number of para-hydroxylation sites is 1. The Balaban J connectivity index is 1.65. The van der Waals surface area contributed by atoms with Gasteiger partial charge in [-0.2, -0.15) is 0 Å². The van der Waals surface area contributed by atoms with Crippen molar-refractivity contribution in [3.63, 3.8) is 0 Å². The second-order valence-corrected chi connectivity index (χ2v) is 7.21. The van der Waals surface area contributed by atoms with Gasteiger partial charge in [-0.05, 0) is 56.0 Å². The predicted molar refractivity (Wildman–Crippen MR) is 112 cm³/mol. The monoisotopic (exact) mass is 396 g/mol. The molecule has 0 aromatic heterocycles. The molecular formula is C23H28N2O4. The van der Waals surface area contributed by atoms with Crippen LogP contribution < -0.4 is 15.4 Å². The van der Waals surface area contributed by atoms with Crippen molar-refractivity contribution in [3.8, 4) is 5.75 Å². The Morgan fingerprint density at radius 2 is 2.03 bits per heavy atom. The molecule has 0 unspecified atom stereocenters. The van der Waals surface area contributed by atoms with E-state index in [4.69, 9.17) is 9.47 Å². The summed E-state index contributed by atoms with van der Waals surface area (Å²) in [6, 6.07) is 14.6. The molecule has 1 aliphatic heterocycles. The van der Waals surface area contributed by atoms with E-state index in [1.165, 1.54) is 0 Å². The van der Waals surface area contributed by atoms with Crippen molar-refractivity contribution >= 4 is 17.5 Å². The van der Waals surface area contributed by atoms with Gasteiger partial charge in [0.25, 0.3) is 11.8 Å². The molecule has 0 saturated carbocycles. The first kappa shape index (κ1) is 20.9. The van der Waals surface area contributed by atoms with Crippen molar-refractivity contribution in [2.45, 2.75) is 45.3 Å². The standard InChI is InChI=1S/C23H28N2O4/c1-3-21(29-17-9-6-8-16(2)14-17)23(27)25-20-12-5-4-11-19(20)22(26)24-15-18-10-7-13-28-18/h4-6,8-9,11-12,14,18,21H,3,7,10,13,15H2,1-2H3,(H,24,26)(H,25,27)/t18-,21+/m0/s1. The molecule has 3 rings (SSSR count). The molecule has 2 amide bonds. The highest BCUT2D eigenvalue weighted by atomic mass is 16.5. The van der Waals surface area contributed by atoms with Gasteiger partial charge in [0.05, 0.1) is 17.4 Å². The topological polar surface area (TPSA) is 76.7 Å². The Kier molecular flexibility index (Phi) is 7.25. The highest BCUT2D eigenvalue weighted by molar-refractivity contribution is 6.04. The van der Waals surface area contributed by atoms with Gasteiger partial charge in [-0.15, -0.1) is 0 Å². The van der Waals surface area contributed by atoms with Crippen molar-refractivity contribution in [2.24, 2.45) is 0 Å². The molecule has 2 aromatic rings. The second kappa shape index (κ2) is 10.1. The van der Waals surface area contributed by atoms with Gasteiger partial charge in [0.15, 0.2) is 6.10 Å². The number of anilines is 1. The van der Waals surface area contributed by atoms with Gasteiger partial charge in [-0.3, -0.25) is 9.59 Å². The van der Waals surface area contributed by atoms with Crippen LogP contribution in [0.3, 0.4) is 0 Å². The first-order valence-electron chi connectivity index (χ1n) is 10.1. The van der Waals surface area contributed by atoms with E-state index in [2.05, 4.69) is 10.6 Å². The van der Waals surface area contributed by atoms with E-state index in [-0.39, 0.29) is 17.9 Å². The van der Waals surface area contributed by atoms with Crippen LogP contribution in [0.5, 0.6) is 5.75 Å². The quantitative estimate of drug-likeness (QED) is 0.713. The van der Waals surface area contributed by atoms with Crippen LogP contribution in [0.15, 0.2) is 48.5 Å². The van der Waals surface area contributed by atoms with Gasteiger partial charge in [0, 0.05) is 13.2 Å². The molecule has 154 valence electrons. The van der Waals surface area contributed by atoms with Crippen molar-refractivity contribution in [1.29, 1.82) is 0 Å². The molecule has 1 aliphatic rings. The summed E-state index contributed by atoms with van der Waals surface area (Å²) in [6.07, 6.45) is 1.89. The van der Waals surface area contributed by atoms with E-state index in [0.717, 1.165) is 25.0 Å². The van der Waals surface area contributed by atoms with Crippen LogP contribution in [-0.2, 0) is 9.53 Å². The van der Waals surface area contributed by atoms with E-state index in [1.807, 2.05) is 38.1 Å². The molecule has 6 nitrogen and oxygen atoms in total. The van der Waals surface area contributed by atoms with Crippen LogP contribution >= 0.6 is 0 Å². The smallest absolute Gasteiger partial charge is 0.265 e. The normalized spacial score (nSPS) is 16.8. The Morgan fingerprint density at radius 1 is 1.21 bits per heavy atom. The van der Waals surface area contributed by atoms with Gasteiger partial charge in [-0.25, -0.2) is 0 Å². The number of rotatable bonds is 8. The number of nitrogens with one attached hydrogen (secondary N) is 2. The molecular weight excluding hydrogens is 368 g/mol. The number of benzene rings is 2. The fourth-order valence-electron chi connectivity index (χ4n) is 3.29. The second-order valence-electron chi connectivity index (χ2n) is 7.21. The molecule has 0 radical (unpaired) electrons. The maximum Gasteiger partial charge on any atom is 0.265 e. The Hall–Kier alpha value is -2.86. The third-order valence-electron chi connectivity index (χ3n) is 4.87.